The van der Waals surface area contributed by atoms with E-state index in [-0.39, 0.29) is 5.78 Å². The van der Waals surface area contributed by atoms with Gasteiger partial charge in [-0.2, -0.15) is 0 Å². The van der Waals surface area contributed by atoms with Gasteiger partial charge >= 0.3 is 0 Å². The van der Waals surface area contributed by atoms with Crippen molar-refractivity contribution in [3.63, 3.8) is 0 Å². The van der Waals surface area contributed by atoms with Crippen LogP contribution in [0.15, 0.2) is 42.5 Å². The minimum atomic E-state index is 0.254. The number of hydrogen-bond acceptors (Lipinski definition) is 2. The molecule has 0 fully saturated rings. The lowest BCUT2D eigenvalue weighted by molar-refractivity contribution is -0.117. The van der Waals surface area contributed by atoms with Gasteiger partial charge in [-0.15, -0.1) is 0 Å². The van der Waals surface area contributed by atoms with Crippen LogP contribution in [0.4, 0.5) is 5.69 Å². The lowest BCUT2D eigenvalue weighted by Gasteiger charge is -2.09. The van der Waals surface area contributed by atoms with Crippen molar-refractivity contribution in [1.29, 1.82) is 0 Å². The number of carbonyl (C=O) groups excluding carboxylic acids is 1. The van der Waals surface area contributed by atoms with E-state index in [0.29, 0.717) is 6.42 Å². The Kier molecular flexibility index (Phi) is 3.76. The van der Waals surface area contributed by atoms with E-state index in [1.165, 1.54) is 10.8 Å². The van der Waals surface area contributed by atoms with Crippen LogP contribution in [0, 0.1) is 0 Å². The zero-order chi connectivity index (χ0) is 12.1. The van der Waals surface area contributed by atoms with Crippen molar-refractivity contribution in [1.82, 2.24) is 0 Å². The highest BCUT2D eigenvalue weighted by Crippen LogP contribution is 2.22. The van der Waals surface area contributed by atoms with E-state index in [0.717, 1.165) is 18.7 Å². The molecule has 0 aliphatic heterocycles. The van der Waals surface area contributed by atoms with E-state index in [1.54, 1.807) is 6.92 Å². The quantitative estimate of drug-likeness (QED) is 0.790. The average molecular weight is 227 g/mol. The highest BCUT2D eigenvalue weighted by Gasteiger charge is 1.99. The number of hydrogen-bond donors (Lipinski definition) is 1. The predicted octanol–water partition coefficient (Wildman–Crippen LogP) is 3.62. The Labute approximate surface area is 102 Å². The molecule has 2 heteroatoms. The Morgan fingerprint density at radius 2 is 1.88 bits per heavy atom. The lowest BCUT2D eigenvalue weighted by atomic mass is 10.1. The summed E-state index contributed by atoms with van der Waals surface area (Å²) in [6.07, 6.45) is 1.54. The third kappa shape index (κ3) is 3.06. The molecule has 0 bridgehead atoms. The fourth-order valence-electron chi connectivity index (χ4n) is 1.94. The van der Waals surface area contributed by atoms with Gasteiger partial charge in [0.25, 0.3) is 0 Å². The van der Waals surface area contributed by atoms with E-state index in [4.69, 9.17) is 0 Å². The molecule has 17 heavy (non-hydrogen) atoms. The summed E-state index contributed by atoms with van der Waals surface area (Å²) in [5.41, 5.74) is 1.15. The number of rotatable bonds is 5. The maximum atomic E-state index is 10.8. The summed E-state index contributed by atoms with van der Waals surface area (Å²) in [6.45, 7) is 2.48. The average Bonchev–Trinajstić information content (AvgIpc) is 2.34. The van der Waals surface area contributed by atoms with Gasteiger partial charge in [-0.25, -0.2) is 0 Å². The van der Waals surface area contributed by atoms with E-state index in [9.17, 15) is 4.79 Å². The maximum Gasteiger partial charge on any atom is 0.129 e. The Bertz CT molecular complexity index is 514. The molecule has 0 aliphatic carbocycles. The largest absolute Gasteiger partial charge is 0.385 e. The topological polar surface area (TPSA) is 29.1 Å². The summed E-state index contributed by atoms with van der Waals surface area (Å²) >= 11 is 0. The SMILES string of the molecule is CC(=O)CCCNc1cccc2ccccc12. The second-order valence-electron chi connectivity index (χ2n) is 4.26. The maximum absolute atomic E-state index is 10.8. The second-order valence-corrected chi connectivity index (χ2v) is 4.26. The Balaban J connectivity index is 2.05. The van der Waals surface area contributed by atoms with Crippen molar-refractivity contribution >= 4 is 22.2 Å². The summed E-state index contributed by atoms with van der Waals surface area (Å²) in [6, 6.07) is 14.5. The molecule has 0 radical (unpaired) electrons. The van der Waals surface area contributed by atoms with Crippen LogP contribution < -0.4 is 5.32 Å². The van der Waals surface area contributed by atoms with Crippen LogP contribution in [0.2, 0.25) is 0 Å². The normalized spacial score (nSPS) is 10.4. The summed E-state index contributed by atoms with van der Waals surface area (Å²) in [7, 11) is 0. The van der Waals surface area contributed by atoms with Crippen LogP contribution >= 0.6 is 0 Å². The fourth-order valence-corrected chi connectivity index (χ4v) is 1.94. The molecule has 0 atom stereocenters. The lowest BCUT2D eigenvalue weighted by Crippen LogP contribution is -2.03. The van der Waals surface area contributed by atoms with Gasteiger partial charge in [-0.1, -0.05) is 36.4 Å². The first-order valence-electron chi connectivity index (χ1n) is 5.98. The minimum absolute atomic E-state index is 0.254. The van der Waals surface area contributed by atoms with Crippen molar-refractivity contribution in [2.75, 3.05) is 11.9 Å². The smallest absolute Gasteiger partial charge is 0.129 e. The van der Waals surface area contributed by atoms with Gasteiger partial charge in [-0.3, -0.25) is 0 Å². The number of fused-ring (bicyclic) bond motifs is 1. The highest BCUT2D eigenvalue weighted by molar-refractivity contribution is 5.93. The number of benzene rings is 2. The van der Waals surface area contributed by atoms with E-state index >= 15 is 0 Å². The fraction of sp³-hybridized carbons (Fsp3) is 0.267. The van der Waals surface area contributed by atoms with Crippen molar-refractivity contribution < 1.29 is 4.79 Å². The van der Waals surface area contributed by atoms with E-state index < -0.39 is 0 Å². The highest BCUT2D eigenvalue weighted by atomic mass is 16.1. The third-order valence-corrected chi connectivity index (χ3v) is 2.81. The molecule has 0 aromatic heterocycles. The van der Waals surface area contributed by atoms with Crippen LogP contribution in [0.5, 0.6) is 0 Å². The molecule has 0 amide bonds. The van der Waals surface area contributed by atoms with Crippen LogP contribution in [0.1, 0.15) is 19.8 Å². The second kappa shape index (κ2) is 5.48. The molecule has 0 saturated carbocycles. The van der Waals surface area contributed by atoms with Crippen molar-refractivity contribution in [3.8, 4) is 0 Å². The molecule has 0 saturated heterocycles. The van der Waals surface area contributed by atoms with Gasteiger partial charge in [-0.05, 0) is 24.8 Å². The Hall–Kier alpha value is -1.83. The summed E-state index contributed by atoms with van der Waals surface area (Å²) < 4.78 is 0. The van der Waals surface area contributed by atoms with Gasteiger partial charge in [0.15, 0.2) is 0 Å². The first kappa shape index (κ1) is 11.6. The van der Waals surface area contributed by atoms with E-state index in [2.05, 4.69) is 35.6 Å². The summed E-state index contributed by atoms with van der Waals surface area (Å²) in [5, 5.41) is 5.86. The molecule has 0 unspecified atom stereocenters. The third-order valence-electron chi connectivity index (χ3n) is 2.81. The molecule has 2 nitrogen and oxygen atoms in total. The number of ketones is 1. The number of anilines is 1. The van der Waals surface area contributed by atoms with Crippen LogP contribution in [-0.4, -0.2) is 12.3 Å². The first-order valence-corrected chi connectivity index (χ1v) is 5.98. The summed E-state index contributed by atoms with van der Waals surface area (Å²) in [4.78, 5) is 10.8. The monoisotopic (exact) mass is 227 g/mol. The molecule has 88 valence electrons. The molecular formula is C15H17NO. The number of nitrogens with one attached hydrogen (secondary N) is 1. The van der Waals surface area contributed by atoms with Crippen LogP contribution in [0.25, 0.3) is 10.8 Å². The van der Waals surface area contributed by atoms with Gasteiger partial charge in [0.2, 0.25) is 0 Å². The van der Waals surface area contributed by atoms with E-state index in [1.807, 2.05) is 12.1 Å². The molecular weight excluding hydrogens is 210 g/mol. The molecule has 2 rings (SSSR count). The number of carbonyl (C=O) groups is 1. The standard InChI is InChI=1S/C15H17NO/c1-12(17)6-5-11-16-15-10-4-8-13-7-2-3-9-14(13)15/h2-4,7-10,16H,5-6,11H2,1H3. The van der Waals surface area contributed by atoms with Crippen LogP contribution in [0.3, 0.4) is 0 Å². The molecule has 2 aromatic carbocycles. The minimum Gasteiger partial charge on any atom is -0.385 e. The van der Waals surface area contributed by atoms with Crippen molar-refractivity contribution in [3.05, 3.63) is 42.5 Å². The first-order chi connectivity index (χ1) is 8.27. The van der Waals surface area contributed by atoms with Gasteiger partial charge in [0.05, 0.1) is 0 Å². The molecule has 0 heterocycles. The summed E-state index contributed by atoms with van der Waals surface area (Å²) in [5.74, 6) is 0.254. The van der Waals surface area contributed by atoms with Crippen molar-refractivity contribution in [2.45, 2.75) is 19.8 Å². The van der Waals surface area contributed by atoms with Crippen LogP contribution in [-0.2, 0) is 4.79 Å². The number of Topliss-reactive ketones (excluding diaryl/α,β-unsaturated/α-hetero) is 1. The molecule has 0 aliphatic rings. The zero-order valence-electron chi connectivity index (χ0n) is 10.1. The molecule has 2 aromatic rings. The zero-order valence-corrected chi connectivity index (χ0v) is 10.1. The Morgan fingerprint density at radius 3 is 2.71 bits per heavy atom. The van der Waals surface area contributed by atoms with Crippen molar-refractivity contribution in [2.24, 2.45) is 0 Å². The Morgan fingerprint density at radius 1 is 1.12 bits per heavy atom. The van der Waals surface area contributed by atoms with Gasteiger partial charge in [0, 0.05) is 24.0 Å². The molecule has 0 spiro atoms. The molecule has 1 N–H and O–H groups in total. The van der Waals surface area contributed by atoms with Gasteiger partial charge in [0.1, 0.15) is 5.78 Å². The van der Waals surface area contributed by atoms with Gasteiger partial charge < -0.3 is 10.1 Å². The predicted molar refractivity (Wildman–Crippen MR) is 72.4 cm³/mol.